The summed E-state index contributed by atoms with van der Waals surface area (Å²) in [7, 11) is -1.29. The number of benzene rings is 4. The van der Waals surface area contributed by atoms with E-state index in [1.807, 2.05) is 54.9 Å². The Morgan fingerprint density at radius 1 is 0.548 bits per heavy atom. The number of nitrogens with zero attached hydrogens (tertiary/aromatic N) is 2. The van der Waals surface area contributed by atoms with Crippen LogP contribution in [0.15, 0.2) is 140 Å². The van der Waals surface area contributed by atoms with Gasteiger partial charge in [0, 0.05) is 32.5 Å². The van der Waals surface area contributed by atoms with Crippen molar-refractivity contribution in [2.75, 3.05) is 0 Å². The van der Waals surface area contributed by atoms with E-state index in [0.29, 0.717) is 0 Å². The van der Waals surface area contributed by atoms with Gasteiger partial charge in [0.15, 0.2) is 0 Å². The normalized spacial score (nSPS) is 10.6. The molecule has 0 bridgehead atoms. The van der Waals surface area contributed by atoms with Gasteiger partial charge in [-0.25, -0.2) is 0 Å². The Labute approximate surface area is 264 Å². The van der Waals surface area contributed by atoms with Crippen molar-refractivity contribution in [3.63, 3.8) is 0 Å². The monoisotopic (exact) mass is 739 g/mol. The van der Waals surface area contributed by atoms with Gasteiger partial charge in [0.2, 0.25) is 0 Å². The number of hydrogen-bond donors (Lipinski definition) is 0. The summed E-state index contributed by atoms with van der Waals surface area (Å²) in [6.45, 7) is 7.02. The molecule has 2 heterocycles. The van der Waals surface area contributed by atoms with E-state index in [9.17, 15) is 0 Å². The zero-order valence-corrected chi connectivity index (χ0v) is 27.6. The SMILES string of the molecule is C[Si](C)(C)c1ccc(-c2[c-]ccc(-c3ccccc3)c2)nc1.[Ir].[c-]1ccccc1-c1ccc(Cc2ccccc2)cn1. The molecule has 42 heavy (non-hydrogen) atoms. The average molecular weight is 739 g/mol. The molecule has 4 heteroatoms. The van der Waals surface area contributed by atoms with Crippen LogP contribution >= 0.6 is 0 Å². The van der Waals surface area contributed by atoms with E-state index < -0.39 is 8.07 Å². The van der Waals surface area contributed by atoms with Gasteiger partial charge in [-0.1, -0.05) is 105 Å². The Bertz CT molecular complexity index is 1650. The van der Waals surface area contributed by atoms with Crippen LogP contribution in [0.5, 0.6) is 0 Å². The summed E-state index contributed by atoms with van der Waals surface area (Å²) in [5.41, 5.74) is 8.99. The van der Waals surface area contributed by atoms with Gasteiger partial charge in [-0.3, -0.25) is 0 Å². The van der Waals surface area contributed by atoms with Crippen molar-refractivity contribution in [2.24, 2.45) is 0 Å². The summed E-state index contributed by atoms with van der Waals surface area (Å²) in [6.07, 6.45) is 4.90. The number of rotatable bonds is 6. The molecule has 0 aliphatic carbocycles. The fourth-order valence-corrected chi connectivity index (χ4v) is 5.53. The van der Waals surface area contributed by atoms with Crippen LogP contribution in [0, 0.1) is 12.1 Å². The van der Waals surface area contributed by atoms with E-state index in [1.165, 1.54) is 27.4 Å². The Morgan fingerprint density at radius 3 is 1.81 bits per heavy atom. The molecule has 2 nitrogen and oxygen atoms in total. The molecule has 1 radical (unpaired) electrons. The minimum Gasteiger partial charge on any atom is -0.305 e. The van der Waals surface area contributed by atoms with Crippen LogP contribution in [0.2, 0.25) is 19.6 Å². The first-order chi connectivity index (χ1) is 20.0. The molecule has 0 aliphatic heterocycles. The van der Waals surface area contributed by atoms with Gasteiger partial charge in [-0.05, 0) is 39.7 Å². The molecule has 2 aromatic heterocycles. The van der Waals surface area contributed by atoms with Gasteiger partial charge < -0.3 is 9.97 Å². The fraction of sp³-hybridized carbons (Fsp3) is 0.105. The number of pyridine rings is 2. The summed E-state index contributed by atoms with van der Waals surface area (Å²) in [6, 6.07) is 50.0. The second-order valence-corrected chi connectivity index (χ2v) is 16.1. The van der Waals surface area contributed by atoms with Gasteiger partial charge in [0.1, 0.15) is 0 Å². The van der Waals surface area contributed by atoms with E-state index in [1.54, 1.807) is 0 Å². The fourth-order valence-electron chi connectivity index (χ4n) is 4.49. The van der Waals surface area contributed by atoms with Gasteiger partial charge in [0.25, 0.3) is 0 Å². The van der Waals surface area contributed by atoms with Crippen molar-refractivity contribution in [1.82, 2.24) is 9.97 Å². The van der Waals surface area contributed by atoms with E-state index in [2.05, 4.69) is 127 Å². The van der Waals surface area contributed by atoms with Crippen LogP contribution < -0.4 is 5.19 Å². The molecule has 0 aliphatic rings. The predicted octanol–water partition coefficient (Wildman–Crippen LogP) is 8.90. The number of aromatic nitrogens is 2. The molecule has 4 aromatic carbocycles. The summed E-state index contributed by atoms with van der Waals surface area (Å²) >= 11 is 0. The topological polar surface area (TPSA) is 25.8 Å². The van der Waals surface area contributed by atoms with Crippen LogP contribution in [0.3, 0.4) is 0 Å². The van der Waals surface area contributed by atoms with Crippen molar-refractivity contribution in [3.05, 3.63) is 163 Å². The van der Waals surface area contributed by atoms with Crippen molar-refractivity contribution >= 4 is 13.3 Å². The van der Waals surface area contributed by atoms with Crippen LogP contribution in [-0.4, -0.2) is 18.0 Å². The molecule has 0 spiro atoms. The molecular formula is C38H34IrN2Si-2. The van der Waals surface area contributed by atoms with Crippen LogP contribution in [0.4, 0.5) is 0 Å². The Morgan fingerprint density at radius 2 is 1.19 bits per heavy atom. The third kappa shape index (κ3) is 8.53. The minimum absolute atomic E-state index is 0. The van der Waals surface area contributed by atoms with Crippen LogP contribution in [0.1, 0.15) is 11.1 Å². The smallest absolute Gasteiger partial charge is 0.0795 e. The molecule has 0 saturated carbocycles. The molecule has 0 atom stereocenters. The van der Waals surface area contributed by atoms with E-state index >= 15 is 0 Å². The average Bonchev–Trinajstić information content (AvgIpc) is 3.03. The standard InChI is InChI=1S/C20H20NSi.C18H14N.Ir/c1-22(2,3)19-12-13-20(21-15-19)18-11-7-10-17(14-18)16-8-5-4-6-9-16;1-3-7-15(8-4-1)13-16-11-12-18(19-14-16)17-9-5-2-6-10-17;/h4-10,12-15H,1-3H3;1-9,11-12,14H,13H2;/q2*-1;. The second kappa shape index (κ2) is 14.8. The predicted molar refractivity (Wildman–Crippen MR) is 175 cm³/mol. The maximum atomic E-state index is 4.65. The van der Waals surface area contributed by atoms with E-state index in [-0.39, 0.29) is 20.1 Å². The van der Waals surface area contributed by atoms with Gasteiger partial charge in [0.05, 0.1) is 8.07 Å². The van der Waals surface area contributed by atoms with E-state index in [4.69, 9.17) is 0 Å². The molecule has 0 fully saturated rings. The third-order valence-corrected chi connectivity index (χ3v) is 8.90. The Hall–Kier alpha value is -3.95. The first-order valence-electron chi connectivity index (χ1n) is 14.0. The third-order valence-electron chi connectivity index (χ3n) is 6.87. The van der Waals surface area contributed by atoms with Crippen molar-refractivity contribution in [2.45, 2.75) is 26.1 Å². The van der Waals surface area contributed by atoms with Crippen LogP contribution in [-0.2, 0) is 26.5 Å². The largest absolute Gasteiger partial charge is 0.305 e. The maximum Gasteiger partial charge on any atom is 0.0795 e. The molecule has 211 valence electrons. The van der Waals surface area contributed by atoms with E-state index in [0.717, 1.165) is 28.9 Å². The zero-order chi connectivity index (χ0) is 28.5. The van der Waals surface area contributed by atoms with Gasteiger partial charge in [-0.2, -0.15) is 0 Å². The first kappa shape index (κ1) is 31.0. The molecule has 6 rings (SSSR count). The first-order valence-corrected chi connectivity index (χ1v) is 17.5. The number of hydrogen-bond acceptors (Lipinski definition) is 2. The summed E-state index contributed by atoms with van der Waals surface area (Å²) in [4.78, 5) is 9.17. The Kier molecular flexibility index (Phi) is 10.9. The van der Waals surface area contributed by atoms with Crippen LogP contribution in [0.25, 0.3) is 33.6 Å². The molecule has 0 amide bonds. The summed E-state index contributed by atoms with van der Waals surface area (Å²) < 4.78 is 0. The van der Waals surface area contributed by atoms with Crippen molar-refractivity contribution in [1.29, 1.82) is 0 Å². The van der Waals surface area contributed by atoms with Crippen molar-refractivity contribution < 1.29 is 20.1 Å². The quantitative estimate of drug-likeness (QED) is 0.126. The molecule has 0 N–H and O–H groups in total. The van der Waals surface area contributed by atoms with Gasteiger partial charge in [-0.15, -0.1) is 71.3 Å². The molecular weight excluding hydrogens is 705 g/mol. The maximum absolute atomic E-state index is 4.65. The molecule has 6 aromatic rings. The van der Waals surface area contributed by atoms with Crippen molar-refractivity contribution in [3.8, 4) is 33.6 Å². The zero-order valence-electron chi connectivity index (χ0n) is 24.2. The minimum atomic E-state index is -1.29. The Balaban J connectivity index is 0.000000190. The second-order valence-electron chi connectivity index (χ2n) is 11.0. The summed E-state index contributed by atoms with van der Waals surface area (Å²) in [5, 5.41) is 1.38. The van der Waals surface area contributed by atoms with Gasteiger partial charge >= 0.3 is 0 Å². The summed E-state index contributed by atoms with van der Waals surface area (Å²) in [5.74, 6) is 0. The molecule has 0 unspecified atom stereocenters. The molecule has 0 saturated heterocycles.